The topological polar surface area (TPSA) is 111 Å². The number of benzene rings is 2. The third kappa shape index (κ3) is 4.53. The number of carbonyl (C=O) groups excluding carboxylic acids is 1. The molecule has 0 spiro atoms. The number of nitrogens with one attached hydrogen (secondary N) is 1. The normalized spacial score (nSPS) is 14.2. The van der Waals surface area contributed by atoms with Crippen molar-refractivity contribution in [2.45, 2.75) is 17.9 Å². The quantitative estimate of drug-likeness (QED) is 0.476. The van der Waals surface area contributed by atoms with Gasteiger partial charge in [-0.25, -0.2) is 0 Å². The van der Waals surface area contributed by atoms with Crippen LogP contribution in [0.15, 0.2) is 65.2 Å². The molecular formula is C19H17N3O4S. The first-order chi connectivity index (χ1) is 12.9. The zero-order chi connectivity index (χ0) is 19.4. The molecule has 2 N–H and O–H groups in total. The molecule has 2 aromatic carbocycles. The van der Waals surface area contributed by atoms with E-state index in [1.54, 1.807) is 0 Å². The molecule has 0 unspecified atom stereocenters. The first kappa shape index (κ1) is 18.6. The van der Waals surface area contributed by atoms with Crippen molar-refractivity contribution in [2.75, 3.05) is 11.9 Å². The first-order valence-corrected chi connectivity index (χ1v) is 9.62. The van der Waals surface area contributed by atoms with Crippen LogP contribution in [0.25, 0.3) is 0 Å². The highest BCUT2D eigenvalue weighted by Gasteiger charge is 2.17. The Hall–Kier alpha value is -3.15. The van der Waals surface area contributed by atoms with Gasteiger partial charge in [-0.2, -0.15) is 13.7 Å². The lowest BCUT2D eigenvalue weighted by atomic mass is 10.0. The van der Waals surface area contributed by atoms with Crippen LogP contribution in [-0.2, 0) is 27.9 Å². The number of amides is 1. The SMILES string of the molecule is N#C/C(=C/N1CCc2ccccc2C1)C(=O)Nc1ccc(S(=O)(=O)O)cc1. The van der Waals surface area contributed by atoms with E-state index in [1.165, 1.54) is 41.6 Å². The Morgan fingerprint density at radius 2 is 1.81 bits per heavy atom. The Labute approximate surface area is 157 Å². The zero-order valence-electron chi connectivity index (χ0n) is 14.3. The van der Waals surface area contributed by atoms with Gasteiger partial charge in [-0.3, -0.25) is 9.35 Å². The van der Waals surface area contributed by atoms with Crippen LogP contribution >= 0.6 is 0 Å². The fourth-order valence-corrected chi connectivity index (χ4v) is 3.34. The van der Waals surface area contributed by atoms with Crippen LogP contribution in [0.5, 0.6) is 0 Å². The molecule has 0 radical (unpaired) electrons. The molecule has 27 heavy (non-hydrogen) atoms. The number of carbonyl (C=O) groups is 1. The van der Waals surface area contributed by atoms with Gasteiger partial charge in [-0.1, -0.05) is 24.3 Å². The average Bonchev–Trinajstić information content (AvgIpc) is 2.65. The van der Waals surface area contributed by atoms with E-state index in [9.17, 15) is 18.5 Å². The number of nitriles is 1. The first-order valence-electron chi connectivity index (χ1n) is 8.18. The Balaban J connectivity index is 1.71. The van der Waals surface area contributed by atoms with Crippen molar-refractivity contribution in [3.05, 3.63) is 71.4 Å². The van der Waals surface area contributed by atoms with Crippen LogP contribution in [0.4, 0.5) is 5.69 Å². The van der Waals surface area contributed by atoms with Crippen molar-refractivity contribution in [2.24, 2.45) is 0 Å². The molecule has 1 heterocycles. The molecule has 1 aliphatic rings. The van der Waals surface area contributed by atoms with Crippen LogP contribution in [0.2, 0.25) is 0 Å². The number of rotatable bonds is 4. The van der Waals surface area contributed by atoms with Gasteiger partial charge in [0.1, 0.15) is 11.6 Å². The van der Waals surface area contributed by atoms with Crippen molar-refractivity contribution >= 4 is 21.7 Å². The lowest BCUT2D eigenvalue weighted by molar-refractivity contribution is -0.112. The molecule has 0 saturated heterocycles. The third-order valence-corrected chi connectivity index (χ3v) is 5.11. The Morgan fingerprint density at radius 1 is 1.15 bits per heavy atom. The van der Waals surface area contributed by atoms with Gasteiger partial charge in [0, 0.05) is 25.0 Å². The lowest BCUT2D eigenvalue weighted by Gasteiger charge is -2.27. The molecule has 1 amide bonds. The van der Waals surface area contributed by atoms with E-state index >= 15 is 0 Å². The second kappa shape index (κ2) is 7.61. The van der Waals surface area contributed by atoms with E-state index < -0.39 is 16.0 Å². The Bertz CT molecular complexity index is 1040. The molecule has 0 saturated carbocycles. The predicted molar refractivity (Wildman–Crippen MR) is 99.1 cm³/mol. The summed E-state index contributed by atoms with van der Waals surface area (Å²) in [6.45, 7) is 1.33. The van der Waals surface area contributed by atoms with Crippen LogP contribution in [0, 0.1) is 11.3 Å². The van der Waals surface area contributed by atoms with Crippen LogP contribution < -0.4 is 5.32 Å². The predicted octanol–water partition coefficient (Wildman–Crippen LogP) is 2.34. The molecule has 0 atom stereocenters. The number of anilines is 1. The maximum atomic E-state index is 12.3. The van der Waals surface area contributed by atoms with Gasteiger partial charge in [-0.05, 0) is 41.8 Å². The molecule has 0 fully saturated rings. The second-order valence-corrected chi connectivity index (χ2v) is 7.52. The van der Waals surface area contributed by atoms with Crippen molar-refractivity contribution in [1.29, 1.82) is 5.26 Å². The van der Waals surface area contributed by atoms with E-state index in [-0.39, 0.29) is 10.5 Å². The van der Waals surface area contributed by atoms with Gasteiger partial charge in [0.15, 0.2) is 0 Å². The summed E-state index contributed by atoms with van der Waals surface area (Å²) in [7, 11) is -4.30. The summed E-state index contributed by atoms with van der Waals surface area (Å²) in [6.07, 6.45) is 2.38. The number of hydrogen-bond acceptors (Lipinski definition) is 5. The average molecular weight is 383 g/mol. The fourth-order valence-electron chi connectivity index (χ4n) is 2.86. The van der Waals surface area contributed by atoms with Crippen LogP contribution in [0.3, 0.4) is 0 Å². The van der Waals surface area contributed by atoms with Gasteiger partial charge in [0.2, 0.25) is 0 Å². The van der Waals surface area contributed by atoms with Gasteiger partial charge in [-0.15, -0.1) is 0 Å². The highest BCUT2D eigenvalue weighted by atomic mass is 32.2. The van der Waals surface area contributed by atoms with Crippen molar-refractivity contribution in [3.63, 3.8) is 0 Å². The van der Waals surface area contributed by atoms with Gasteiger partial charge in [0.05, 0.1) is 4.90 Å². The molecule has 0 aromatic heterocycles. The van der Waals surface area contributed by atoms with Crippen LogP contribution in [-0.4, -0.2) is 30.3 Å². The highest BCUT2D eigenvalue weighted by Crippen LogP contribution is 2.20. The van der Waals surface area contributed by atoms with Crippen LogP contribution in [0.1, 0.15) is 11.1 Å². The molecule has 7 nitrogen and oxygen atoms in total. The summed E-state index contributed by atoms with van der Waals surface area (Å²) >= 11 is 0. The maximum Gasteiger partial charge on any atom is 0.294 e. The van der Waals surface area contributed by atoms with Crippen molar-refractivity contribution in [3.8, 4) is 6.07 Å². The molecule has 3 rings (SSSR count). The van der Waals surface area contributed by atoms with E-state index in [0.29, 0.717) is 18.8 Å². The molecule has 138 valence electrons. The summed E-state index contributed by atoms with van der Waals surface area (Å²) < 4.78 is 31.0. The van der Waals surface area contributed by atoms with E-state index in [1.807, 2.05) is 29.2 Å². The van der Waals surface area contributed by atoms with E-state index in [2.05, 4.69) is 11.4 Å². The van der Waals surface area contributed by atoms with E-state index in [4.69, 9.17) is 4.55 Å². The maximum absolute atomic E-state index is 12.3. The summed E-state index contributed by atoms with van der Waals surface area (Å²) in [6, 6.07) is 15.0. The number of hydrogen-bond donors (Lipinski definition) is 2. The number of fused-ring (bicyclic) bond motifs is 1. The molecule has 2 aromatic rings. The summed E-state index contributed by atoms with van der Waals surface area (Å²) in [5, 5.41) is 11.9. The van der Waals surface area contributed by atoms with Gasteiger partial charge >= 0.3 is 0 Å². The Morgan fingerprint density at radius 3 is 2.44 bits per heavy atom. The summed E-state index contributed by atoms with van der Waals surface area (Å²) in [4.78, 5) is 14.0. The number of nitrogens with zero attached hydrogens (tertiary/aromatic N) is 2. The lowest BCUT2D eigenvalue weighted by Crippen LogP contribution is -2.27. The monoisotopic (exact) mass is 383 g/mol. The molecule has 0 bridgehead atoms. The van der Waals surface area contributed by atoms with Crippen molar-refractivity contribution in [1.82, 2.24) is 4.90 Å². The minimum Gasteiger partial charge on any atom is -0.371 e. The largest absolute Gasteiger partial charge is 0.371 e. The molecule has 0 aliphatic carbocycles. The van der Waals surface area contributed by atoms with Crippen molar-refractivity contribution < 1.29 is 17.8 Å². The zero-order valence-corrected chi connectivity index (χ0v) is 15.1. The fraction of sp³-hybridized carbons (Fsp3) is 0.158. The smallest absolute Gasteiger partial charge is 0.294 e. The Kier molecular flexibility index (Phi) is 5.26. The molecular weight excluding hydrogens is 366 g/mol. The molecule has 8 heteroatoms. The second-order valence-electron chi connectivity index (χ2n) is 6.10. The minimum absolute atomic E-state index is 0.0479. The third-order valence-electron chi connectivity index (χ3n) is 4.25. The van der Waals surface area contributed by atoms with Gasteiger partial charge in [0.25, 0.3) is 16.0 Å². The minimum atomic E-state index is -4.30. The highest BCUT2D eigenvalue weighted by molar-refractivity contribution is 7.85. The summed E-state index contributed by atoms with van der Waals surface area (Å²) in [5.41, 5.74) is 2.70. The molecule has 1 aliphatic heterocycles. The van der Waals surface area contributed by atoms with Gasteiger partial charge < -0.3 is 10.2 Å². The standard InChI is InChI=1S/C19H17N3O4S/c20-11-16(13-22-10-9-14-3-1-2-4-15(14)12-22)19(23)21-17-5-7-18(8-6-17)27(24,25)26/h1-8,13H,9-10,12H2,(H,21,23)(H,24,25,26)/b16-13-. The van der Waals surface area contributed by atoms with E-state index in [0.717, 1.165) is 6.42 Å². The summed E-state index contributed by atoms with van der Waals surface area (Å²) in [5.74, 6) is -0.587.